The van der Waals surface area contributed by atoms with Gasteiger partial charge in [0.1, 0.15) is 48.3 Å². The van der Waals surface area contributed by atoms with Gasteiger partial charge >= 0.3 is 0 Å². The molecule has 0 radical (unpaired) electrons. The van der Waals surface area contributed by atoms with Crippen LogP contribution in [0.2, 0.25) is 0 Å². The maximum Gasteiger partial charge on any atom is 0.148 e. The number of ether oxygens (including phenoxy) is 2. The third-order valence-corrected chi connectivity index (χ3v) is 6.04. The van der Waals surface area contributed by atoms with Crippen molar-refractivity contribution in [3.8, 4) is 5.75 Å². The third kappa shape index (κ3) is 3.67. The summed E-state index contributed by atoms with van der Waals surface area (Å²) in [5.41, 5.74) is 7.46. The molecule has 1 saturated heterocycles. The number of hydrogen-bond acceptors (Lipinski definition) is 8. The molecule has 1 aromatic carbocycles. The lowest BCUT2D eigenvalue weighted by Gasteiger charge is -2.17. The number of nitrogens with one attached hydrogen (secondary N) is 1. The normalized spacial score (nSPS) is 21.1. The standard InChI is InChI=1S/C21H21BrN6O3/c1-24-17-5-3-11-2-4-12(6-14(11)27-17)30-9-16-15(29)7-18(31-16)28-8-13(22)19-20(23)25-10-26-21(19)28/h2-6,8,10,15-16,18,29H,7,9H2,1H3,(H,24,27)(H2,23,25,26)/t15-,16+,18+/m0/s1. The van der Waals surface area contributed by atoms with E-state index in [9.17, 15) is 5.11 Å². The molecule has 31 heavy (non-hydrogen) atoms. The average molecular weight is 485 g/mol. The molecule has 0 spiro atoms. The SMILES string of the molecule is CNc1ccc2ccc(OC[C@H]3O[C@@H](n4cc(Br)c5c(N)ncnc54)C[C@@H]3O)cc2n1. The molecular formula is C21H21BrN6O3. The molecule has 4 aromatic rings. The van der Waals surface area contributed by atoms with Gasteiger partial charge in [-0.3, -0.25) is 0 Å². The second-order valence-corrected chi connectivity index (χ2v) is 8.24. The highest BCUT2D eigenvalue weighted by Gasteiger charge is 2.36. The number of hydrogen-bond donors (Lipinski definition) is 3. The van der Waals surface area contributed by atoms with E-state index in [-0.39, 0.29) is 12.8 Å². The molecule has 9 nitrogen and oxygen atoms in total. The fraction of sp³-hybridized carbons (Fsp3) is 0.286. The molecule has 0 aliphatic carbocycles. The summed E-state index contributed by atoms with van der Waals surface area (Å²) in [5.74, 6) is 1.85. The lowest BCUT2D eigenvalue weighted by atomic mass is 10.2. The lowest BCUT2D eigenvalue weighted by molar-refractivity contribution is -0.0379. The van der Waals surface area contributed by atoms with E-state index >= 15 is 0 Å². The number of fused-ring (bicyclic) bond motifs is 2. The van der Waals surface area contributed by atoms with E-state index in [0.29, 0.717) is 23.6 Å². The van der Waals surface area contributed by atoms with Crippen molar-refractivity contribution in [2.75, 3.05) is 24.7 Å². The predicted octanol–water partition coefficient (Wildman–Crippen LogP) is 3.09. The van der Waals surface area contributed by atoms with Crippen molar-refractivity contribution in [1.29, 1.82) is 0 Å². The van der Waals surface area contributed by atoms with E-state index in [1.807, 2.05) is 48.1 Å². The number of nitrogens with two attached hydrogens (primary N) is 1. The second-order valence-electron chi connectivity index (χ2n) is 7.39. The highest BCUT2D eigenvalue weighted by Crippen LogP contribution is 2.36. The smallest absolute Gasteiger partial charge is 0.148 e. The quantitative estimate of drug-likeness (QED) is 0.395. The van der Waals surface area contributed by atoms with Gasteiger partial charge in [-0.1, -0.05) is 0 Å². The first kappa shape index (κ1) is 20.0. The van der Waals surface area contributed by atoms with Crippen molar-refractivity contribution < 1.29 is 14.6 Å². The first-order valence-electron chi connectivity index (χ1n) is 9.85. The Hall–Kier alpha value is -2.95. The summed E-state index contributed by atoms with van der Waals surface area (Å²) in [7, 11) is 1.83. The Morgan fingerprint density at radius 3 is 3.00 bits per heavy atom. The third-order valence-electron chi connectivity index (χ3n) is 5.44. The lowest BCUT2D eigenvalue weighted by Crippen LogP contribution is -2.28. The summed E-state index contributed by atoms with van der Waals surface area (Å²) in [6.07, 6.45) is 2.15. The molecule has 1 fully saturated rings. The zero-order valence-electron chi connectivity index (χ0n) is 16.7. The van der Waals surface area contributed by atoms with E-state index < -0.39 is 12.2 Å². The molecule has 4 heterocycles. The van der Waals surface area contributed by atoms with Gasteiger partial charge in [-0.2, -0.15) is 0 Å². The van der Waals surface area contributed by atoms with Crippen LogP contribution < -0.4 is 15.8 Å². The minimum Gasteiger partial charge on any atom is -0.491 e. The van der Waals surface area contributed by atoms with Crippen molar-refractivity contribution in [2.24, 2.45) is 0 Å². The van der Waals surface area contributed by atoms with Gasteiger partial charge in [-0.25, -0.2) is 15.0 Å². The number of aliphatic hydroxyl groups excluding tert-OH is 1. The molecule has 10 heteroatoms. The number of nitrogen functional groups attached to an aromatic ring is 1. The van der Waals surface area contributed by atoms with Crippen molar-refractivity contribution in [2.45, 2.75) is 24.9 Å². The summed E-state index contributed by atoms with van der Waals surface area (Å²) >= 11 is 3.50. The van der Waals surface area contributed by atoms with Crippen LogP contribution in [0.25, 0.3) is 21.9 Å². The minimum absolute atomic E-state index is 0.215. The maximum atomic E-state index is 10.6. The fourth-order valence-corrected chi connectivity index (χ4v) is 4.42. The van der Waals surface area contributed by atoms with Gasteiger partial charge in [0.05, 0.1) is 17.0 Å². The molecule has 1 aliphatic rings. The molecule has 5 rings (SSSR count). The largest absolute Gasteiger partial charge is 0.491 e. The van der Waals surface area contributed by atoms with Crippen LogP contribution in [0.5, 0.6) is 5.75 Å². The van der Waals surface area contributed by atoms with Crippen molar-refractivity contribution >= 4 is 49.5 Å². The van der Waals surface area contributed by atoms with E-state index in [1.54, 1.807) is 0 Å². The van der Waals surface area contributed by atoms with Crippen molar-refractivity contribution in [1.82, 2.24) is 19.5 Å². The average Bonchev–Trinajstić information content (AvgIpc) is 3.31. The van der Waals surface area contributed by atoms with Crippen LogP contribution in [-0.2, 0) is 4.74 Å². The topological polar surface area (TPSA) is 120 Å². The fourth-order valence-electron chi connectivity index (χ4n) is 3.82. The van der Waals surface area contributed by atoms with Crippen LogP contribution in [0.15, 0.2) is 47.3 Å². The summed E-state index contributed by atoms with van der Waals surface area (Å²) in [4.78, 5) is 12.9. The molecular weight excluding hydrogens is 464 g/mol. The van der Waals surface area contributed by atoms with Gasteiger partial charge in [0, 0.05) is 35.6 Å². The molecule has 0 amide bonds. The summed E-state index contributed by atoms with van der Waals surface area (Å²) in [6, 6.07) is 9.65. The Morgan fingerprint density at radius 1 is 1.32 bits per heavy atom. The van der Waals surface area contributed by atoms with Gasteiger partial charge in [-0.05, 0) is 40.2 Å². The first-order chi connectivity index (χ1) is 15.0. The number of pyridine rings is 1. The van der Waals surface area contributed by atoms with Crippen LogP contribution in [0, 0.1) is 0 Å². The van der Waals surface area contributed by atoms with Crippen LogP contribution >= 0.6 is 15.9 Å². The maximum absolute atomic E-state index is 10.6. The van der Waals surface area contributed by atoms with Crippen LogP contribution in [-0.4, -0.2) is 50.5 Å². The zero-order chi connectivity index (χ0) is 21.5. The monoisotopic (exact) mass is 484 g/mol. The Morgan fingerprint density at radius 2 is 2.16 bits per heavy atom. The van der Waals surface area contributed by atoms with Gasteiger partial charge < -0.3 is 30.2 Å². The van der Waals surface area contributed by atoms with Gasteiger partial charge in [0.2, 0.25) is 0 Å². The van der Waals surface area contributed by atoms with Crippen LogP contribution in [0.3, 0.4) is 0 Å². The predicted molar refractivity (Wildman–Crippen MR) is 121 cm³/mol. The molecule has 3 aromatic heterocycles. The van der Waals surface area contributed by atoms with Crippen molar-refractivity contribution in [3.63, 3.8) is 0 Å². The van der Waals surface area contributed by atoms with Crippen molar-refractivity contribution in [3.05, 3.63) is 47.3 Å². The van der Waals surface area contributed by atoms with E-state index in [2.05, 4.69) is 36.2 Å². The molecule has 3 atom stereocenters. The summed E-state index contributed by atoms with van der Waals surface area (Å²) < 4.78 is 14.7. The molecule has 0 unspecified atom stereocenters. The first-order valence-corrected chi connectivity index (χ1v) is 10.6. The summed E-state index contributed by atoms with van der Waals surface area (Å²) in [6.45, 7) is 0.215. The van der Waals surface area contributed by atoms with E-state index in [4.69, 9.17) is 15.2 Å². The second kappa shape index (κ2) is 7.95. The molecule has 0 bridgehead atoms. The highest BCUT2D eigenvalue weighted by atomic mass is 79.9. The number of rotatable bonds is 5. The van der Waals surface area contributed by atoms with Gasteiger partial charge in [0.25, 0.3) is 0 Å². The zero-order valence-corrected chi connectivity index (χ0v) is 18.3. The molecule has 1 aliphatic heterocycles. The Bertz CT molecular complexity index is 1260. The number of aliphatic hydroxyl groups is 1. The molecule has 4 N–H and O–H groups in total. The van der Waals surface area contributed by atoms with E-state index in [0.717, 1.165) is 26.6 Å². The highest BCUT2D eigenvalue weighted by molar-refractivity contribution is 9.10. The number of anilines is 2. The van der Waals surface area contributed by atoms with E-state index in [1.165, 1.54) is 6.33 Å². The molecule has 160 valence electrons. The van der Waals surface area contributed by atoms with Gasteiger partial charge in [-0.15, -0.1) is 0 Å². The number of aromatic nitrogens is 4. The number of halogens is 1. The van der Waals surface area contributed by atoms with Crippen LogP contribution in [0.1, 0.15) is 12.6 Å². The minimum atomic E-state index is -0.671. The van der Waals surface area contributed by atoms with Crippen LogP contribution in [0.4, 0.5) is 11.6 Å². The van der Waals surface area contributed by atoms with Gasteiger partial charge in [0.15, 0.2) is 0 Å². The summed E-state index contributed by atoms with van der Waals surface area (Å²) in [5, 5.41) is 15.3. The Kier molecular flexibility index (Phi) is 5.12. The molecule has 0 saturated carbocycles. The number of benzene rings is 1. The Balaban J connectivity index is 1.32. The Labute approximate surface area is 186 Å². The number of nitrogens with zero attached hydrogens (tertiary/aromatic N) is 4.